The van der Waals surface area contributed by atoms with Gasteiger partial charge in [0, 0.05) is 11.8 Å². The first-order valence-corrected chi connectivity index (χ1v) is 9.38. The molecule has 0 radical (unpaired) electrons. The van der Waals surface area contributed by atoms with Crippen LogP contribution in [-0.2, 0) is 13.1 Å². The number of carboxylic acids is 1. The minimum atomic E-state index is -1.29. The quantitative estimate of drug-likeness (QED) is 0.709. The summed E-state index contributed by atoms with van der Waals surface area (Å²) in [6.45, 7) is 3.48. The highest BCUT2D eigenvalue weighted by Gasteiger charge is 2.34. The number of carbonyl (C=O) groups is 1. The van der Waals surface area contributed by atoms with E-state index in [0.29, 0.717) is 25.5 Å². The number of ether oxygens (including phenoxy) is 2. The van der Waals surface area contributed by atoms with E-state index in [1.54, 1.807) is 6.07 Å². The molecular weight excluding hydrogens is 360 g/mol. The summed E-state index contributed by atoms with van der Waals surface area (Å²) in [5.41, 5.74) is 2.34. The van der Waals surface area contributed by atoms with Crippen LogP contribution in [0.3, 0.4) is 0 Å². The number of furan rings is 1. The van der Waals surface area contributed by atoms with Crippen molar-refractivity contribution in [3.8, 4) is 11.5 Å². The van der Waals surface area contributed by atoms with Crippen molar-refractivity contribution >= 4 is 5.97 Å². The molecule has 0 spiro atoms. The molecule has 5 rings (SSSR count). The second kappa shape index (κ2) is 6.76. The summed E-state index contributed by atoms with van der Waals surface area (Å²) in [7, 11) is 0. The first-order chi connectivity index (χ1) is 13.7. The van der Waals surface area contributed by atoms with Crippen LogP contribution < -0.4 is 19.5 Å². The number of carboxylic acid groups (broad SMARTS) is 1. The molecule has 1 unspecified atom stereocenters. The molecular formula is C21H20N2O5. The molecule has 7 nitrogen and oxygen atoms in total. The molecule has 2 aliphatic heterocycles. The van der Waals surface area contributed by atoms with Crippen molar-refractivity contribution in [2.24, 2.45) is 0 Å². The van der Waals surface area contributed by atoms with E-state index in [4.69, 9.17) is 13.9 Å². The standard InChI is InChI=1S/C21H20N2O5/c24-21(25)18-6-4-15(28-18)13-23-9-8-22-7-1-2-16(22)20(23)14-3-5-17-19(12-14)27-11-10-26-17/h1-7,12,20H,8-11,13H2,(H,24,25)/t20-/m0/s1. The molecule has 0 saturated heterocycles. The fourth-order valence-electron chi connectivity index (χ4n) is 4.15. The lowest BCUT2D eigenvalue weighted by Gasteiger charge is -2.34. The molecule has 0 fully saturated rings. The van der Waals surface area contributed by atoms with Gasteiger partial charge in [0.1, 0.15) is 31.5 Å². The zero-order valence-corrected chi connectivity index (χ0v) is 15.2. The Morgan fingerprint density at radius 3 is 2.82 bits per heavy atom. The van der Waals surface area contributed by atoms with Crippen LogP contribution in [-0.4, -0.2) is 30.3 Å². The van der Waals surface area contributed by atoms with E-state index in [9.17, 15) is 9.90 Å². The summed E-state index contributed by atoms with van der Waals surface area (Å²) in [6.07, 6.45) is 2.10. The van der Waals surface area contributed by atoms with Gasteiger partial charge < -0.3 is 33.3 Å². The SMILES string of the molecule is O=C([O-])c1ccc(C[NH+]2CCn3cccc3[C@@H]2c2ccc3c(c2)OCCO3)o1. The van der Waals surface area contributed by atoms with Crippen LogP contribution in [0, 0.1) is 0 Å². The third kappa shape index (κ3) is 2.93. The third-order valence-electron chi connectivity index (χ3n) is 5.41. The number of benzene rings is 1. The van der Waals surface area contributed by atoms with Crippen molar-refractivity contribution < 1.29 is 28.7 Å². The van der Waals surface area contributed by atoms with Gasteiger partial charge in [0.25, 0.3) is 0 Å². The molecule has 4 heterocycles. The number of nitrogens with one attached hydrogen (secondary N) is 1. The first-order valence-electron chi connectivity index (χ1n) is 9.38. The molecule has 0 aliphatic carbocycles. The van der Waals surface area contributed by atoms with Crippen LogP contribution in [0.4, 0.5) is 0 Å². The molecule has 2 aromatic heterocycles. The smallest absolute Gasteiger partial charge is 0.161 e. The molecule has 2 atom stereocenters. The van der Waals surface area contributed by atoms with Gasteiger partial charge >= 0.3 is 0 Å². The fraction of sp³-hybridized carbons (Fsp3) is 0.286. The van der Waals surface area contributed by atoms with E-state index in [-0.39, 0.29) is 11.8 Å². The van der Waals surface area contributed by atoms with E-state index < -0.39 is 5.97 Å². The Labute approximate surface area is 161 Å². The molecule has 0 bridgehead atoms. The van der Waals surface area contributed by atoms with E-state index >= 15 is 0 Å². The third-order valence-corrected chi connectivity index (χ3v) is 5.41. The van der Waals surface area contributed by atoms with Crippen molar-refractivity contribution in [2.75, 3.05) is 19.8 Å². The zero-order chi connectivity index (χ0) is 19.1. The van der Waals surface area contributed by atoms with Crippen LogP contribution in [0.2, 0.25) is 0 Å². The Balaban J connectivity index is 1.50. The number of rotatable bonds is 4. The number of aromatic carboxylic acids is 1. The Morgan fingerprint density at radius 1 is 1.14 bits per heavy atom. The number of aromatic nitrogens is 1. The predicted molar refractivity (Wildman–Crippen MR) is 96.3 cm³/mol. The highest BCUT2D eigenvalue weighted by molar-refractivity contribution is 5.82. The summed E-state index contributed by atoms with van der Waals surface area (Å²) in [5.74, 6) is 0.746. The van der Waals surface area contributed by atoms with Crippen LogP contribution >= 0.6 is 0 Å². The van der Waals surface area contributed by atoms with Gasteiger partial charge in [-0.05, 0) is 42.5 Å². The molecule has 0 saturated carbocycles. The highest BCUT2D eigenvalue weighted by atomic mass is 16.6. The van der Waals surface area contributed by atoms with Crippen molar-refractivity contribution in [1.82, 2.24) is 4.57 Å². The number of hydrogen-bond donors (Lipinski definition) is 1. The van der Waals surface area contributed by atoms with Gasteiger partial charge in [-0.15, -0.1) is 0 Å². The van der Waals surface area contributed by atoms with Crippen LogP contribution in [0.15, 0.2) is 53.1 Å². The number of quaternary nitrogens is 1. The summed E-state index contributed by atoms with van der Waals surface area (Å²) < 4.78 is 19.2. The second-order valence-corrected chi connectivity index (χ2v) is 7.10. The van der Waals surface area contributed by atoms with Gasteiger partial charge in [0.2, 0.25) is 0 Å². The molecule has 1 N–H and O–H groups in total. The zero-order valence-electron chi connectivity index (χ0n) is 15.2. The normalized spacial score (nSPS) is 20.6. The summed E-state index contributed by atoms with van der Waals surface area (Å²) in [4.78, 5) is 12.3. The van der Waals surface area contributed by atoms with E-state index in [1.807, 2.05) is 6.07 Å². The topological polar surface area (TPSA) is 81.1 Å². The maximum absolute atomic E-state index is 11.0. The van der Waals surface area contributed by atoms with Gasteiger partial charge in [-0.2, -0.15) is 0 Å². The molecule has 1 aromatic carbocycles. The maximum atomic E-state index is 11.0. The Morgan fingerprint density at radius 2 is 2.00 bits per heavy atom. The van der Waals surface area contributed by atoms with E-state index in [0.717, 1.165) is 30.2 Å². The maximum Gasteiger partial charge on any atom is 0.161 e. The van der Waals surface area contributed by atoms with Crippen molar-refractivity contribution in [3.63, 3.8) is 0 Å². The molecule has 3 aromatic rings. The second-order valence-electron chi connectivity index (χ2n) is 7.10. The lowest BCUT2D eigenvalue weighted by atomic mass is 9.99. The van der Waals surface area contributed by atoms with E-state index in [1.165, 1.54) is 16.7 Å². The number of fused-ring (bicyclic) bond motifs is 2. The van der Waals surface area contributed by atoms with Gasteiger partial charge in [0.15, 0.2) is 23.3 Å². The minimum Gasteiger partial charge on any atom is -0.542 e. The van der Waals surface area contributed by atoms with Gasteiger partial charge in [-0.25, -0.2) is 0 Å². The number of nitrogens with zero attached hydrogens (tertiary/aromatic N) is 1. The van der Waals surface area contributed by atoms with Crippen LogP contribution in [0.5, 0.6) is 11.5 Å². The minimum absolute atomic E-state index is 0.0797. The Hall–Kier alpha value is -3.19. The average Bonchev–Trinajstić information content (AvgIpc) is 3.37. The van der Waals surface area contributed by atoms with Gasteiger partial charge in [-0.3, -0.25) is 0 Å². The summed E-state index contributed by atoms with van der Waals surface area (Å²) in [6, 6.07) is 13.5. The predicted octanol–water partition coefficient (Wildman–Crippen LogP) is 0.404. The van der Waals surface area contributed by atoms with Crippen LogP contribution in [0.25, 0.3) is 0 Å². The lowest BCUT2D eigenvalue weighted by Crippen LogP contribution is -3.12. The van der Waals surface area contributed by atoms with E-state index in [2.05, 4.69) is 35.0 Å². The molecule has 28 heavy (non-hydrogen) atoms. The van der Waals surface area contributed by atoms with Crippen molar-refractivity contribution in [2.45, 2.75) is 19.1 Å². The van der Waals surface area contributed by atoms with Crippen molar-refractivity contribution in [3.05, 3.63) is 71.4 Å². The largest absolute Gasteiger partial charge is 0.542 e. The van der Waals surface area contributed by atoms with Crippen LogP contribution in [0.1, 0.15) is 33.6 Å². The average molecular weight is 380 g/mol. The van der Waals surface area contributed by atoms with Gasteiger partial charge in [0.05, 0.1) is 18.8 Å². The molecule has 0 amide bonds. The molecule has 2 aliphatic rings. The monoisotopic (exact) mass is 380 g/mol. The van der Waals surface area contributed by atoms with Crippen molar-refractivity contribution in [1.29, 1.82) is 0 Å². The number of hydrogen-bond acceptors (Lipinski definition) is 5. The van der Waals surface area contributed by atoms with Gasteiger partial charge in [-0.1, -0.05) is 0 Å². The molecule has 144 valence electrons. The first kappa shape index (κ1) is 16.9. The number of carbonyl (C=O) groups excluding carboxylic acids is 1. The summed E-state index contributed by atoms with van der Waals surface area (Å²) >= 11 is 0. The Kier molecular flexibility index (Phi) is 4.09. The Bertz CT molecular complexity index is 1020. The summed E-state index contributed by atoms with van der Waals surface area (Å²) in [5, 5.41) is 11.0. The molecule has 7 heteroatoms. The lowest BCUT2D eigenvalue weighted by molar-refractivity contribution is -0.944. The fourth-order valence-corrected chi connectivity index (χ4v) is 4.15. The highest BCUT2D eigenvalue weighted by Crippen LogP contribution is 2.34.